The predicted molar refractivity (Wildman–Crippen MR) is 156 cm³/mol. The van der Waals surface area contributed by atoms with Crippen molar-refractivity contribution in [2.24, 2.45) is 23.7 Å². The van der Waals surface area contributed by atoms with Crippen LogP contribution in [0, 0.1) is 23.7 Å². The zero-order chi connectivity index (χ0) is 27.1. The fourth-order valence-corrected chi connectivity index (χ4v) is 7.29. The van der Waals surface area contributed by atoms with Crippen molar-refractivity contribution in [2.75, 3.05) is 0 Å². The lowest BCUT2D eigenvalue weighted by Crippen LogP contribution is -2.24. The SMILES string of the molecule is O=c1cccc([C@@H]2C[C@H]3C=C[C@@H]2C3)n1-c1ccccn1.O=c1cccc([C@H]2C[C@@H]3C=C[C@H]2C3)n1-c1ccccn1. The number of rotatable bonds is 4. The molecule has 0 unspecified atom stereocenters. The Morgan fingerprint density at radius 1 is 0.525 bits per heavy atom. The average Bonchev–Trinajstić information content (AvgIpc) is 3.81. The second kappa shape index (κ2) is 10.3. The third-order valence-electron chi connectivity index (χ3n) is 9.04. The van der Waals surface area contributed by atoms with Crippen LogP contribution in [0.15, 0.2) is 119 Å². The average molecular weight is 529 g/mol. The smallest absolute Gasteiger partial charge is 0.256 e. The van der Waals surface area contributed by atoms with E-state index in [-0.39, 0.29) is 11.1 Å². The summed E-state index contributed by atoms with van der Waals surface area (Å²) < 4.78 is 3.55. The Hall–Kier alpha value is -4.32. The number of fused-ring (bicyclic) bond motifs is 4. The lowest BCUT2D eigenvalue weighted by molar-refractivity contribution is 0.552. The van der Waals surface area contributed by atoms with Crippen LogP contribution in [0.1, 0.15) is 48.9 Å². The first-order valence-corrected chi connectivity index (χ1v) is 14.3. The summed E-state index contributed by atoms with van der Waals surface area (Å²) in [5, 5.41) is 0. The summed E-state index contributed by atoms with van der Waals surface area (Å²) in [5.41, 5.74) is 2.22. The molecule has 4 aliphatic rings. The van der Waals surface area contributed by atoms with E-state index in [1.54, 1.807) is 33.7 Å². The van der Waals surface area contributed by atoms with Gasteiger partial charge in [-0.2, -0.15) is 0 Å². The van der Waals surface area contributed by atoms with Gasteiger partial charge >= 0.3 is 0 Å². The van der Waals surface area contributed by atoms with Crippen LogP contribution in [0.2, 0.25) is 0 Å². The highest BCUT2D eigenvalue weighted by Crippen LogP contribution is 2.49. The second-order valence-corrected chi connectivity index (χ2v) is 11.4. The first kappa shape index (κ1) is 24.7. The van der Waals surface area contributed by atoms with Crippen LogP contribution >= 0.6 is 0 Å². The van der Waals surface area contributed by atoms with Crippen molar-refractivity contribution < 1.29 is 0 Å². The van der Waals surface area contributed by atoms with E-state index in [1.165, 1.54) is 12.8 Å². The zero-order valence-electron chi connectivity index (χ0n) is 22.3. The molecule has 200 valence electrons. The number of pyridine rings is 4. The molecule has 6 heteroatoms. The number of hydrogen-bond donors (Lipinski definition) is 0. The van der Waals surface area contributed by atoms with Crippen molar-refractivity contribution >= 4 is 0 Å². The third-order valence-corrected chi connectivity index (χ3v) is 9.04. The Labute approximate surface area is 233 Å². The third kappa shape index (κ3) is 4.47. The van der Waals surface area contributed by atoms with E-state index in [4.69, 9.17) is 0 Å². The molecule has 40 heavy (non-hydrogen) atoms. The van der Waals surface area contributed by atoms with Crippen LogP contribution < -0.4 is 11.1 Å². The molecular weight excluding hydrogens is 496 g/mol. The monoisotopic (exact) mass is 528 g/mol. The van der Waals surface area contributed by atoms with Crippen molar-refractivity contribution in [2.45, 2.75) is 37.5 Å². The highest BCUT2D eigenvalue weighted by molar-refractivity contribution is 5.33. The van der Waals surface area contributed by atoms with E-state index in [0.717, 1.165) is 35.9 Å². The van der Waals surface area contributed by atoms with Crippen molar-refractivity contribution in [1.29, 1.82) is 0 Å². The number of nitrogens with zero attached hydrogens (tertiary/aromatic N) is 4. The van der Waals surface area contributed by atoms with Gasteiger partial charge in [0.2, 0.25) is 0 Å². The molecular formula is C34H32N4O2. The normalized spacial score (nSPS) is 27.1. The number of hydrogen-bond acceptors (Lipinski definition) is 4. The van der Waals surface area contributed by atoms with E-state index in [0.29, 0.717) is 35.5 Å². The molecule has 4 aromatic heterocycles. The minimum atomic E-state index is 0.00736. The molecule has 2 fully saturated rings. The predicted octanol–water partition coefficient (Wildman–Crippen LogP) is 5.82. The Balaban J connectivity index is 0.000000132. The summed E-state index contributed by atoms with van der Waals surface area (Å²) in [6.07, 6.45) is 17.5. The molecule has 0 amide bonds. The second-order valence-electron chi connectivity index (χ2n) is 11.4. The summed E-state index contributed by atoms with van der Waals surface area (Å²) in [6, 6.07) is 22.5. The first-order chi connectivity index (χ1) is 19.7. The molecule has 4 aromatic rings. The molecule has 0 N–H and O–H groups in total. The van der Waals surface area contributed by atoms with E-state index >= 15 is 0 Å². The van der Waals surface area contributed by atoms with Gasteiger partial charge in [-0.15, -0.1) is 0 Å². The van der Waals surface area contributed by atoms with Crippen LogP contribution in [0.3, 0.4) is 0 Å². The summed E-state index contributed by atoms with van der Waals surface area (Å²) in [5.74, 6) is 4.88. The Morgan fingerprint density at radius 3 is 1.35 bits per heavy atom. The van der Waals surface area contributed by atoms with Crippen molar-refractivity contribution in [3.05, 3.63) is 142 Å². The van der Waals surface area contributed by atoms with Gasteiger partial charge in [0.05, 0.1) is 0 Å². The summed E-state index contributed by atoms with van der Waals surface area (Å²) in [6.45, 7) is 0. The first-order valence-electron chi connectivity index (χ1n) is 14.3. The van der Waals surface area contributed by atoms with Crippen LogP contribution in [0.4, 0.5) is 0 Å². The lowest BCUT2D eigenvalue weighted by Gasteiger charge is -2.22. The number of aromatic nitrogens is 4. The highest BCUT2D eigenvalue weighted by Gasteiger charge is 2.39. The van der Waals surface area contributed by atoms with Gasteiger partial charge in [0.1, 0.15) is 11.6 Å². The fraction of sp³-hybridized carbons (Fsp3) is 0.294. The van der Waals surface area contributed by atoms with E-state index in [2.05, 4.69) is 46.4 Å². The van der Waals surface area contributed by atoms with Crippen LogP contribution in [0.25, 0.3) is 11.6 Å². The van der Waals surface area contributed by atoms with Crippen molar-refractivity contribution in [3.63, 3.8) is 0 Å². The minimum absolute atomic E-state index is 0.00736. The maximum Gasteiger partial charge on any atom is 0.256 e. The molecule has 6 nitrogen and oxygen atoms in total. The standard InChI is InChI=1S/2C17H16N2O/c2*20-17-6-3-4-15(14-11-12-7-8-13(14)10-12)19(17)16-5-1-2-9-18-16/h2*1-9,12-14H,10-11H2/t2*12-,13+,14+/m10/s1. The van der Waals surface area contributed by atoms with Gasteiger partial charge in [-0.3, -0.25) is 18.7 Å². The molecule has 6 atom stereocenters. The molecule has 2 saturated carbocycles. The van der Waals surface area contributed by atoms with Gasteiger partial charge in [-0.05, 0) is 85.8 Å². The molecule has 4 heterocycles. The Bertz CT molecular complexity index is 1560. The molecule has 0 aromatic carbocycles. The van der Waals surface area contributed by atoms with Gasteiger partial charge in [0.15, 0.2) is 0 Å². The van der Waals surface area contributed by atoms with Crippen molar-refractivity contribution in [3.8, 4) is 11.6 Å². The molecule has 4 bridgehead atoms. The molecule has 8 rings (SSSR count). The van der Waals surface area contributed by atoms with Crippen LogP contribution in [-0.4, -0.2) is 19.1 Å². The highest BCUT2D eigenvalue weighted by atomic mass is 16.1. The number of allylic oxidation sites excluding steroid dienone is 4. The van der Waals surface area contributed by atoms with Gasteiger partial charge in [0.25, 0.3) is 11.1 Å². The van der Waals surface area contributed by atoms with E-state index < -0.39 is 0 Å². The Kier molecular flexibility index (Phi) is 6.39. The maximum atomic E-state index is 12.3. The summed E-state index contributed by atoms with van der Waals surface area (Å²) in [7, 11) is 0. The Morgan fingerprint density at radius 2 is 1.00 bits per heavy atom. The minimum Gasteiger partial charge on any atom is -0.269 e. The van der Waals surface area contributed by atoms with Crippen LogP contribution in [0.5, 0.6) is 0 Å². The summed E-state index contributed by atoms with van der Waals surface area (Å²) >= 11 is 0. The molecule has 4 aliphatic carbocycles. The maximum absolute atomic E-state index is 12.3. The fourth-order valence-electron chi connectivity index (χ4n) is 7.29. The molecule has 0 radical (unpaired) electrons. The summed E-state index contributed by atoms with van der Waals surface area (Å²) in [4.78, 5) is 33.3. The van der Waals surface area contributed by atoms with E-state index in [1.807, 2.05) is 48.5 Å². The zero-order valence-corrected chi connectivity index (χ0v) is 22.3. The van der Waals surface area contributed by atoms with Gasteiger partial charge in [-0.25, -0.2) is 9.97 Å². The quantitative estimate of drug-likeness (QED) is 0.313. The van der Waals surface area contributed by atoms with Gasteiger partial charge in [-0.1, -0.05) is 48.6 Å². The molecule has 0 saturated heterocycles. The van der Waals surface area contributed by atoms with E-state index in [9.17, 15) is 9.59 Å². The topological polar surface area (TPSA) is 69.8 Å². The largest absolute Gasteiger partial charge is 0.269 e. The molecule has 0 aliphatic heterocycles. The van der Waals surface area contributed by atoms with Gasteiger partial charge < -0.3 is 0 Å². The molecule has 0 spiro atoms. The lowest BCUT2D eigenvalue weighted by atomic mass is 9.90. The van der Waals surface area contributed by atoms with Crippen molar-refractivity contribution in [1.82, 2.24) is 19.1 Å². The van der Waals surface area contributed by atoms with Gasteiger partial charge in [0, 0.05) is 47.8 Å². The van der Waals surface area contributed by atoms with Crippen LogP contribution in [-0.2, 0) is 0 Å².